The summed E-state index contributed by atoms with van der Waals surface area (Å²) in [5.74, 6) is -2.43. The molecule has 55 heavy (non-hydrogen) atoms. The fourth-order valence-electron chi connectivity index (χ4n) is 6.25. The number of likely N-dealkylation sites (N-methyl/N-ethyl adjacent to an activating group) is 1. The minimum absolute atomic E-state index is 0.0497. The maximum atomic E-state index is 15.8. The maximum absolute atomic E-state index is 15.8. The van der Waals surface area contributed by atoms with Gasteiger partial charge >= 0.3 is 11.9 Å². The minimum atomic E-state index is -1.10. The predicted octanol–water partition coefficient (Wildman–Crippen LogP) is 5.16. The number of nitro groups is 1. The van der Waals surface area contributed by atoms with Gasteiger partial charge in [-0.05, 0) is 34.3 Å². The van der Waals surface area contributed by atoms with Crippen molar-refractivity contribution in [3.05, 3.63) is 117 Å². The van der Waals surface area contributed by atoms with E-state index >= 15 is 8.78 Å². The Hall–Kier alpha value is -6.69. The lowest BCUT2D eigenvalue weighted by Gasteiger charge is -2.36. The lowest BCUT2D eigenvalue weighted by Crippen LogP contribution is -2.48. The highest BCUT2D eigenvalue weighted by Crippen LogP contribution is 2.41. The number of ether oxygens (including phenoxy) is 2. The third-order valence-corrected chi connectivity index (χ3v) is 8.80. The van der Waals surface area contributed by atoms with Gasteiger partial charge in [-0.25, -0.2) is 28.5 Å². The SMILES string of the molecule is COc1cc(OC)c(F)c(N2Cc3cnc(Nc4ccncn4)nc3N(Cc3cccc(CC(=O)/C=C/C[N+](C)(C)CC4=C([N+](=O)[O-])N=CC4)c3)C2=O)c1F. The fraction of sp³-hybridized carbons (Fsp3) is 0.270. The first-order valence-electron chi connectivity index (χ1n) is 16.9. The van der Waals surface area contributed by atoms with Crippen LogP contribution in [-0.2, 0) is 24.3 Å². The van der Waals surface area contributed by atoms with Crippen molar-refractivity contribution < 1.29 is 37.2 Å². The molecule has 0 bridgehead atoms. The van der Waals surface area contributed by atoms with E-state index in [1.54, 1.807) is 36.4 Å². The first kappa shape index (κ1) is 38.0. The van der Waals surface area contributed by atoms with Crippen molar-refractivity contribution in [2.45, 2.75) is 25.9 Å². The molecule has 2 aromatic heterocycles. The Morgan fingerprint density at radius 2 is 1.84 bits per heavy atom. The van der Waals surface area contributed by atoms with E-state index in [1.165, 1.54) is 50.1 Å². The van der Waals surface area contributed by atoms with Crippen LogP contribution in [0.5, 0.6) is 11.5 Å². The van der Waals surface area contributed by atoms with Gasteiger partial charge in [-0.2, -0.15) is 4.98 Å². The van der Waals surface area contributed by atoms with Gasteiger partial charge in [0.05, 0.1) is 53.5 Å². The molecular formula is C37H37F2N10O6+. The highest BCUT2D eigenvalue weighted by atomic mass is 19.1. The second-order valence-corrected chi connectivity index (χ2v) is 13.3. The number of aromatic nitrogens is 4. The number of allylic oxidation sites excluding steroid dienone is 1. The fourth-order valence-corrected chi connectivity index (χ4v) is 6.25. The van der Waals surface area contributed by atoms with Gasteiger partial charge in [-0.15, -0.1) is 0 Å². The summed E-state index contributed by atoms with van der Waals surface area (Å²) < 4.78 is 42.1. The lowest BCUT2D eigenvalue weighted by molar-refractivity contribution is -0.880. The number of anilines is 4. The van der Waals surface area contributed by atoms with Gasteiger partial charge < -0.3 is 29.4 Å². The zero-order valence-corrected chi connectivity index (χ0v) is 30.4. The summed E-state index contributed by atoms with van der Waals surface area (Å²) in [4.78, 5) is 61.2. The number of nitrogens with zero attached hydrogens (tertiary/aromatic N) is 9. The smallest absolute Gasteiger partial charge is 0.368 e. The number of urea groups is 1. The van der Waals surface area contributed by atoms with Crippen LogP contribution in [0.4, 0.5) is 36.8 Å². The number of nitrogens with one attached hydrogen (secondary N) is 1. The normalized spacial score (nSPS) is 14.1. The highest BCUT2D eigenvalue weighted by molar-refractivity contribution is 6.06. The number of rotatable bonds is 15. The summed E-state index contributed by atoms with van der Waals surface area (Å²) in [5.41, 5.74) is 1.62. The van der Waals surface area contributed by atoms with Gasteiger partial charge in [-0.3, -0.25) is 14.6 Å². The van der Waals surface area contributed by atoms with Crippen LogP contribution in [-0.4, -0.2) is 88.8 Å². The molecule has 2 amide bonds. The predicted molar refractivity (Wildman–Crippen MR) is 198 cm³/mol. The Labute approximate surface area is 314 Å². The van der Waals surface area contributed by atoms with E-state index in [1.807, 2.05) is 14.1 Å². The van der Waals surface area contributed by atoms with E-state index in [2.05, 4.69) is 30.2 Å². The van der Waals surface area contributed by atoms with E-state index in [0.717, 1.165) is 11.0 Å². The molecule has 0 spiro atoms. The number of carbonyl (C=O) groups is 2. The van der Waals surface area contributed by atoms with Crippen LogP contribution in [0, 0.1) is 21.7 Å². The van der Waals surface area contributed by atoms with Gasteiger partial charge in [-0.1, -0.05) is 29.3 Å². The Bertz CT molecular complexity index is 2200. The van der Waals surface area contributed by atoms with Crippen LogP contribution in [0.1, 0.15) is 23.1 Å². The summed E-state index contributed by atoms with van der Waals surface area (Å²) in [6.07, 6.45) is 9.54. The number of ketones is 1. The number of fused-ring (bicyclic) bond motifs is 1. The second-order valence-electron chi connectivity index (χ2n) is 13.3. The molecule has 4 aromatic rings. The van der Waals surface area contributed by atoms with Gasteiger partial charge in [0.15, 0.2) is 28.9 Å². The Morgan fingerprint density at radius 3 is 2.53 bits per heavy atom. The number of hydrogen-bond donors (Lipinski definition) is 1. The zero-order chi connectivity index (χ0) is 39.3. The summed E-state index contributed by atoms with van der Waals surface area (Å²) >= 11 is 0. The van der Waals surface area contributed by atoms with Crippen LogP contribution in [0.3, 0.4) is 0 Å². The van der Waals surface area contributed by atoms with Crippen LogP contribution < -0.4 is 24.6 Å². The molecule has 2 aromatic carbocycles. The third kappa shape index (κ3) is 8.59. The quantitative estimate of drug-likeness (QED) is 0.0734. The maximum Gasteiger partial charge on any atom is 0.368 e. The molecule has 0 aliphatic carbocycles. The van der Waals surface area contributed by atoms with Crippen LogP contribution in [0.15, 0.2) is 83.7 Å². The number of aliphatic imine (C=N–C) groups is 1. The van der Waals surface area contributed by atoms with E-state index in [4.69, 9.17) is 9.47 Å². The number of amides is 2. The molecule has 0 fully saturated rings. The largest absolute Gasteiger partial charge is 0.493 e. The number of carbonyl (C=O) groups excluding carboxylic acids is 2. The molecule has 18 heteroatoms. The molecule has 4 heterocycles. The molecule has 0 unspecified atom stereocenters. The van der Waals surface area contributed by atoms with E-state index < -0.39 is 28.3 Å². The van der Waals surface area contributed by atoms with E-state index in [9.17, 15) is 19.7 Å². The van der Waals surface area contributed by atoms with E-state index in [-0.39, 0.29) is 54.4 Å². The lowest BCUT2D eigenvalue weighted by atomic mass is 10.0. The van der Waals surface area contributed by atoms with Crippen LogP contribution >= 0.6 is 0 Å². The summed E-state index contributed by atoms with van der Waals surface area (Å²) in [6.45, 7) is 0.483. The summed E-state index contributed by atoms with van der Waals surface area (Å²) in [7, 11) is 6.26. The number of benzene rings is 2. The van der Waals surface area contributed by atoms with Crippen LogP contribution in [0.2, 0.25) is 0 Å². The molecule has 0 saturated heterocycles. The van der Waals surface area contributed by atoms with E-state index in [0.29, 0.717) is 52.1 Å². The van der Waals surface area contributed by atoms with Crippen molar-refractivity contribution in [1.29, 1.82) is 0 Å². The van der Waals surface area contributed by atoms with Crippen molar-refractivity contribution in [2.24, 2.45) is 4.99 Å². The molecule has 0 atom stereocenters. The van der Waals surface area contributed by atoms with Crippen molar-refractivity contribution in [1.82, 2.24) is 19.9 Å². The molecule has 2 aliphatic rings. The topological polar surface area (TPSA) is 178 Å². The van der Waals surface area contributed by atoms with Gasteiger partial charge in [0, 0.05) is 36.9 Å². The molecule has 0 radical (unpaired) electrons. The Kier molecular flexibility index (Phi) is 11.2. The summed E-state index contributed by atoms with van der Waals surface area (Å²) in [6, 6.07) is 8.92. The van der Waals surface area contributed by atoms with Crippen molar-refractivity contribution in [2.75, 3.05) is 56.5 Å². The van der Waals surface area contributed by atoms with Crippen molar-refractivity contribution in [3.63, 3.8) is 0 Å². The first-order chi connectivity index (χ1) is 26.4. The standard InChI is InChI=1S/C37H37F2N10O6/c1-49(2,21-25-10-13-41-34(25)48(52)53)14-6-9-27(50)16-23-7-5-8-24(15-23)19-47-35-26(18-42-36(45-35)44-30-11-12-40-22-43-30)20-46(37(47)51)33-31(38)28(54-3)17-29(55-4)32(33)39/h5-9,11-13,15,17-18,22H,10,14,16,19-21H2,1-4H3,(H,40,42,43,44,45)/q+1/b9-6+. The third-order valence-electron chi connectivity index (χ3n) is 8.80. The van der Waals surface area contributed by atoms with Gasteiger partial charge in [0.25, 0.3) is 0 Å². The monoisotopic (exact) mass is 755 g/mol. The number of methoxy groups -OCH3 is 2. The van der Waals surface area contributed by atoms with Crippen LogP contribution in [0.25, 0.3) is 0 Å². The van der Waals surface area contributed by atoms with Crippen molar-refractivity contribution in [3.8, 4) is 11.5 Å². The molecule has 6 rings (SSSR count). The Morgan fingerprint density at radius 1 is 1.09 bits per heavy atom. The molecule has 284 valence electrons. The van der Waals surface area contributed by atoms with Crippen molar-refractivity contribution >= 4 is 41.3 Å². The molecular weight excluding hydrogens is 718 g/mol. The number of hydrogen-bond acceptors (Lipinski definition) is 12. The molecule has 0 saturated carbocycles. The average molecular weight is 756 g/mol. The zero-order valence-electron chi connectivity index (χ0n) is 30.4. The molecule has 1 N–H and O–H groups in total. The first-order valence-corrected chi connectivity index (χ1v) is 16.9. The van der Waals surface area contributed by atoms with Gasteiger partial charge in [0.1, 0.15) is 36.4 Å². The minimum Gasteiger partial charge on any atom is -0.493 e. The van der Waals surface area contributed by atoms with Gasteiger partial charge in [0.2, 0.25) is 5.95 Å². The highest BCUT2D eigenvalue weighted by Gasteiger charge is 2.38. The summed E-state index contributed by atoms with van der Waals surface area (Å²) in [5, 5.41) is 14.3. The average Bonchev–Trinajstić information content (AvgIpc) is 3.62. The second kappa shape index (κ2) is 16.1. The Balaban J connectivity index is 1.24. The number of halogens is 2. The molecule has 2 aliphatic heterocycles. The number of quaternary nitrogens is 1. The molecule has 16 nitrogen and oxygen atoms in total.